The van der Waals surface area contributed by atoms with Gasteiger partial charge in [-0.25, -0.2) is 0 Å². The molecule has 1 aromatic heterocycles. The summed E-state index contributed by atoms with van der Waals surface area (Å²) >= 11 is 0. The van der Waals surface area contributed by atoms with Crippen molar-refractivity contribution in [3.05, 3.63) is 18.0 Å². The van der Waals surface area contributed by atoms with Gasteiger partial charge in [0, 0.05) is 36.9 Å². The van der Waals surface area contributed by atoms with Crippen LogP contribution in [0, 0.1) is 0 Å². The average Bonchev–Trinajstić information content (AvgIpc) is 3.19. The lowest BCUT2D eigenvalue weighted by Crippen LogP contribution is -2.57. The second kappa shape index (κ2) is 6.46. The van der Waals surface area contributed by atoms with Gasteiger partial charge in [0.15, 0.2) is 0 Å². The second-order valence-corrected chi connectivity index (χ2v) is 6.26. The number of nitrogens with one attached hydrogen (secondary N) is 1. The lowest BCUT2D eigenvalue weighted by Gasteiger charge is -2.48. The lowest BCUT2D eigenvalue weighted by atomic mass is 9.82. The summed E-state index contributed by atoms with van der Waals surface area (Å²) in [5, 5.41) is 8.08. The summed E-state index contributed by atoms with van der Waals surface area (Å²) in [6.45, 7) is 6.92. The second-order valence-electron chi connectivity index (χ2n) is 6.26. The first kappa shape index (κ1) is 15.0. The highest BCUT2D eigenvalue weighted by molar-refractivity contribution is 5.19. The van der Waals surface area contributed by atoms with Gasteiger partial charge in [0.25, 0.3) is 0 Å². The van der Waals surface area contributed by atoms with Crippen molar-refractivity contribution in [1.82, 2.24) is 20.0 Å². The van der Waals surface area contributed by atoms with Gasteiger partial charge in [-0.05, 0) is 26.8 Å². The van der Waals surface area contributed by atoms with Crippen LogP contribution in [0.1, 0.15) is 44.2 Å². The van der Waals surface area contributed by atoms with Crippen molar-refractivity contribution in [2.45, 2.75) is 50.7 Å². The topological polar surface area (TPSA) is 42.3 Å². The van der Waals surface area contributed by atoms with E-state index in [2.05, 4.69) is 35.5 Å². The third-order valence-electron chi connectivity index (χ3n) is 5.25. The van der Waals surface area contributed by atoms with Crippen molar-refractivity contribution in [2.75, 3.05) is 33.4 Å². The summed E-state index contributed by atoms with van der Waals surface area (Å²) in [4.78, 5) is 2.67. The molecule has 2 heterocycles. The molecular weight excluding hydrogens is 264 g/mol. The van der Waals surface area contributed by atoms with Gasteiger partial charge in [0.2, 0.25) is 0 Å². The molecule has 2 aliphatic rings. The number of aryl methyl sites for hydroxylation is 1. The van der Waals surface area contributed by atoms with Crippen LogP contribution < -0.4 is 5.32 Å². The van der Waals surface area contributed by atoms with Crippen LogP contribution in [-0.2, 0) is 11.3 Å². The molecule has 1 saturated heterocycles. The highest BCUT2D eigenvalue weighted by Gasteiger charge is 2.46. The van der Waals surface area contributed by atoms with Gasteiger partial charge >= 0.3 is 0 Å². The number of likely N-dealkylation sites (N-methyl/N-ethyl adjacent to an activating group) is 1. The summed E-state index contributed by atoms with van der Waals surface area (Å²) in [7, 11) is 2.09. The highest BCUT2D eigenvalue weighted by atomic mass is 16.5. The molecule has 1 aliphatic heterocycles. The Morgan fingerprint density at radius 3 is 2.62 bits per heavy atom. The summed E-state index contributed by atoms with van der Waals surface area (Å²) < 4.78 is 7.60. The Balaban J connectivity index is 1.89. The first-order valence-corrected chi connectivity index (χ1v) is 8.32. The number of morpholine rings is 1. The van der Waals surface area contributed by atoms with E-state index in [1.165, 1.54) is 31.2 Å². The van der Waals surface area contributed by atoms with Gasteiger partial charge in [-0.15, -0.1) is 0 Å². The van der Waals surface area contributed by atoms with E-state index in [1.54, 1.807) is 0 Å². The zero-order chi connectivity index (χ0) is 14.7. The Labute approximate surface area is 127 Å². The molecule has 0 bridgehead atoms. The summed E-state index contributed by atoms with van der Waals surface area (Å²) in [5.74, 6) is 0. The van der Waals surface area contributed by atoms with Gasteiger partial charge in [-0.1, -0.05) is 12.8 Å². The fourth-order valence-electron chi connectivity index (χ4n) is 4.23. The van der Waals surface area contributed by atoms with Gasteiger partial charge in [0.05, 0.1) is 25.5 Å². The SMILES string of the molecule is CCn1cc(C(NC)C2(N3CCOCC3)CCCC2)cn1. The Morgan fingerprint density at radius 1 is 1.33 bits per heavy atom. The normalized spacial score (nSPS) is 24.3. The van der Waals surface area contributed by atoms with Crippen LogP contribution in [0.15, 0.2) is 12.4 Å². The summed E-state index contributed by atoms with van der Waals surface area (Å²) in [5.41, 5.74) is 1.56. The maximum Gasteiger partial charge on any atom is 0.0594 e. The van der Waals surface area contributed by atoms with Crippen molar-refractivity contribution in [3.63, 3.8) is 0 Å². The van der Waals surface area contributed by atoms with Crippen molar-refractivity contribution < 1.29 is 4.74 Å². The quantitative estimate of drug-likeness (QED) is 0.899. The fourth-order valence-corrected chi connectivity index (χ4v) is 4.23. The van der Waals surface area contributed by atoms with E-state index >= 15 is 0 Å². The third kappa shape index (κ3) is 2.74. The van der Waals surface area contributed by atoms with Crippen LogP contribution in [0.4, 0.5) is 0 Å². The van der Waals surface area contributed by atoms with Gasteiger partial charge < -0.3 is 10.1 Å². The maximum absolute atomic E-state index is 5.57. The molecule has 1 unspecified atom stereocenters. The van der Waals surface area contributed by atoms with Crippen LogP contribution in [0.2, 0.25) is 0 Å². The molecule has 3 rings (SSSR count). The first-order chi connectivity index (χ1) is 10.3. The summed E-state index contributed by atoms with van der Waals surface area (Å²) in [6, 6.07) is 0.360. The van der Waals surface area contributed by atoms with Crippen molar-refractivity contribution in [1.29, 1.82) is 0 Å². The molecule has 1 aliphatic carbocycles. The highest BCUT2D eigenvalue weighted by Crippen LogP contribution is 2.44. The van der Waals surface area contributed by atoms with E-state index in [0.717, 1.165) is 32.8 Å². The Morgan fingerprint density at radius 2 is 2.05 bits per heavy atom. The Kier molecular flexibility index (Phi) is 4.62. The van der Waals surface area contributed by atoms with Gasteiger partial charge in [-0.2, -0.15) is 5.10 Å². The smallest absolute Gasteiger partial charge is 0.0594 e. The monoisotopic (exact) mass is 292 g/mol. The molecule has 0 amide bonds. The molecule has 1 saturated carbocycles. The predicted octanol–water partition coefficient (Wildman–Crippen LogP) is 1.81. The summed E-state index contributed by atoms with van der Waals surface area (Å²) in [6.07, 6.45) is 9.47. The van der Waals surface area contributed by atoms with E-state index < -0.39 is 0 Å². The van der Waals surface area contributed by atoms with E-state index in [4.69, 9.17) is 4.74 Å². The molecule has 118 valence electrons. The Bertz CT molecular complexity index is 447. The van der Waals surface area contributed by atoms with Crippen molar-refractivity contribution in [3.8, 4) is 0 Å². The third-order valence-corrected chi connectivity index (χ3v) is 5.25. The molecule has 21 heavy (non-hydrogen) atoms. The van der Waals surface area contributed by atoms with Gasteiger partial charge in [0.1, 0.15) is 0 Å². The molecule has 0 aromatic carbocycles. The maximum atomic E-state index is 5.57. The minimum atomic E-state index is 0.236. The molecule has 0 radical (unpaired) electrons. The van der Waals surface area contributed by atoms with E-state index in [9.17, 15) is 0 Å². The molecule has 1 N–H and O–H groups in total. The van der Waals surface area contributed by atoms with E-state index in [1.807, 2.05) is 10.9 Å². The van der Waals surface area contributed by atoms with Crippen LogP contribution >= 0.6 is 0 Å². The molecule has 5 nitrogen and oxygen atoms in total. The van der Waals surface area contributed by atoms with Crippen LogP contribution in [0.3, 0.4) is 0 Å². The zero-order valence-corrected chi connectivity index (χ0v) is 13.3. The molecule has 0 spiro atoms. The van der Waals surface area contributed by atoms with Crippen LogP contribution in [0.25, 0.3) is 0 Å². The van der Waals surface area contributed by atoms with Gasteiger partial charge in [-0.3, -0.25) is 9.58 Å². The minimum Gasteiger partial charge on any atom is -0.379 e. The molecule has 2 fully saturated rings. The molecule has 1 aromatic rings. The first-order valence-electron chi connectivity index (χ1n) is 8.32. The van der Waals surface area contributed by atoms with Crippen molar-refractivity contribution >= 4 is 0 Å². The number of aromatic nitrogens is 2. The lowest BCUT2D eigenvalue weighted by molar-refractivity contribution is -0.0354. The van der Waals surface area contributed by atoms with Crippen LogP contribution in [-0.4, -0.2) is 53.6 Å². The fraction of sp³-hybridized carbons (Fsp3) is 0.812. The molecule has 5 heteroatoms. The molecular formula is C16H28N4O. The van der Waals surface area contributed by atoms with E-state index in [0.29, 0.717) is 6.04 Å². The largest absolute Gasteiger partial charge is 0.379 e. The zero-order valence-electron chi connectivity index (χ0n) is 13.3. The van der Waals surface area contributed by atoms with Crippen LogP contribution in [0.5, 0.6) is 0 Å². The standard InChI is InChI=1S/C16H28N4O/c1-3-20-13-14(12-18-20)15(17-2)16(6-4-5-7-16)19-8-10-21-11-9-19/h12-13,15,17H,3-11H2,1-2H3. The predicted molar refractivity (Wildman–Crippen MR) is 83.3 cm³/mol. The number of hydrogen-bond donors (Lipinski definition) is 1. The minimum absolute atomic E-state index is 0.236. The average molecular weight is 292 g/mol. The van der Waals surface area contributed by atoms with E-state index in [-0.39, 0.29) is 5.54 Å². The number of rotatable bonds is 5. The number of nitrogens with zero attached hydrogens (tertiary/aromatic N) is 3. The number of hydrogen-bond acceptors (Lipinski definition) is 4. The van der Waals surface area contributed by atoms with Crippen molar-refractivity contribution in [2.24, 2.45) is 0 Å². The molecule has 1 atom stereocenters. The number of ether oxygens (including phenoxy) is 1. The Hall–Kier alpha value is -0.910.